The zero-order valence-electron chi connectivity index (χ0n) is 12.5. The third-order valence-electron chi connectivity index (χ3n) is 3.76. The van der Waals surface area contributed by atoms with E-state index in [2.05, 4.69) is 9.97 Å². The number of hydrogen-bond acceptors (Lipinski definition) is 6. The van der Waals surface area contributed by atoms with Gasteiger partial charge in [0.15, 0.2) is 5.01 Å². The van der Waals surface area contributed by atoms with Crippen LogP contribution < -0.4 is 4.74 Å². The maximum atomic E-state index is 12.5. The number of amides is 1. The summed E-state index contributed by atoms with van der Waals surface area (Å²) in [5.74, 6) is 0.334. The molecule has 0 spiro atoms. The van der Waals surface area contributed by atoms with Gasteiger partial charge in [0, 0.05) is 12.3 Å². The molecule has 0 bridgehead atoms. The first kappa shape index (κ1) is 14.6. The number of nitrogens with zero attached hydrogens (tertiary/aromatic N) is 4. The number of hydrogen-bond donors (Lipinski definition) is 0. The van der Waals surface area contributed by atoms with E-state index < -0.39 is 0 Å². The van der Waals surface area contributed by atoms with Gasteiger partial charge in [0.2, 0.25) is 5.88 Å². The summed E-state index contributed by atoms with van der Waals surface area (Å²) in [6.07, 6.45) is 1.43. The molecule has 0 unspecified atom stereocenters. The topological polar surface area (TPSA) is 79.1 Å². The number of ether oxygens (including phenoxy) is 1. The second kappa shape index (κ2) is 5.91. The van der Waals surface area contributed by atoms with E-state index in [0.717, 1.165) is 10.2 Å². The SMILES string of the molecule is N#Cc1ccnc(OC2CN(C(=O)c3nc4ccccc4s3)C2)c1. The minimum Gasteiger partial charge on any atom is -0.471 e. The van der Waals surface area contributed by atoms with Crippen molar-refractivity contribution in [3.8, 4) is 11.9 Å². The summed E-state index contributed by atoms with van der Waals surface area (Å²) < 4.78 is 6.70. The molecule has 1 aliphatic heterocycles. The summed E-state index contributed by atoms with van der Waals surface area (Å²) in [5, 5.41) is 9.38. The molecule has 3 aromatic rings. The molecule has 118 valence electrons. The van der Waals surface area contributed by atoms with Gasteiger partial charge >= 0.3 is 0 Å². The molecule has 1 amide bonds. The lowest BCUT2D eigenvalue weighted by Gasteiger charge is -2.38. The standard InChI is InChI=1S/C17H12N4O2S/c18-8-11-5-6-19-15(7-11)23-12-9-21(10-12)17(22)16-20-13-3-1-2-4-14(13)24-16/h1-7,12H,9-10H2. The second-order valence-electron chi connectivity index (χ2n) is 5.43. The van der Waals surface area contributed by atoms with Crippen LogP contribution >= 0.6 is 11.3 Å². The molecule has 7 heteroatoms. The quantitative estimate of drug-likeness (QED) is 0.734. The smallest absolute Gasteiger partial charge is 0.283 e. The molecule has 0 radical (unpaired) electrons. The lowest BCUT2D eigenvalue weighted by atomic mass is 10.1. The third-order valence-corrected chi connectivity index (χ3v) is 4.79. The highest BCUT2D eigenvalue weighted by Gasteiger charge is 2.34. The van der Waals surface area contributed by atoms with Crippen molar-refractivity contribution in [3.63, 3.8) is 0 Å². The van der Waals surface area contributed by atoms with Crippen molar-refractivity contribution in [1.29, 1.82) is 5.26 Å². The van der Waals surface area contributed by atoms with Crippen molar-refractivity contribution in [2.75, 3.05) is 13.1 Å². The Balaban J connectivity index is 1.40. The molecule has 1 saturated heterocycles. The number of fused-ring (bicyclic) bond motifs is 1. The zero-order chi connectivity index (χ0) is 16.5. The van der Waals surface area contributed by atoms with Gasteiger partial charge in [-0.1, -0.05) is 12.1 Å². The number of pyridine rings is 1. The Morgan fingerprint density at radius 1 is 1.33 bits per heavy atom. The van der Waals surface area contributed by atoms with Crippen LogP contribution in [-0.2, 0) is 0 Å². The van der Waals surface area contributed by atoms with Crippen LogP contribution in [0, 0.1) is 11.3 Å². The highest BCUT2D eigenvalue weighted by molar-refractivity contribution is 7.20. The fourth-order valence-corrected chi connectivity index (χ4v) is 3.43. The van der Waals surface area contributed by atoms with Gasteiger partial charge in [-0.25, -0.2) is 9.97 Å². The number of benzene rings is 1. The average molecular weight is 336 g/mol. The Hall–Kier alpha value is -2.98. The number of para-hydroxylation sites is 1. The molecular formula is C17H12N4O2S. The largest absolute Gasteiger partial charge is 0.471 e. The van der Waals surface area contributed by atoms with Gasteiger partial charge in [-0.3, -0.25) is 4.79 Å². The van der Waals surface area contributed by atoms with E-state index in [1.807, 2.05) is 30.3 Å². The van der Waals surface area contributed by atoms with Gasteiger partial charge in [-0.15, -0.1) is 11.3 Å². The van der Waals surface area contributed by atoms with Crippen LogP contribution in [0.4, 0.5) is 0 Å². The molecule has 3 heterocycles. The Bertz CT molecular complexity index is 923. The van der Waals surface area contributed by atoms with Crippen molar-refractivity contribution in [2.24, 2.45) is 0 Å². The summed E-state index contributed by atoms with van der Waals surface area (Å²) in [4.78, 5) is 22.6. The number of carbonyl (C=O) groups excluding carboxylic acids is 1. The van der Waals surface area contributed by atoms with Crippen LogP contribution in [-0.4, -0.2) is 40.0 Å². The number of nitriles is 1. The molecule has 1 aliphatic rings. The molecule has 0 saturated carbocycles. The Kier molecular flexibility index (Phi) is 3.59. The van der Waals surface area contributed by atoms with Crippen LogP contribution in [0.5, 0.6) is 5.88 Å². The van der Waals surface area contributed by atoms with E-state index >= 15 is 0 Å². The Labute approximate surface area is 141 Å². The predicted octanol–water partition coefficient (Wildman–Crippen LogP) is 2.47. The first-order chi connectivity index (χ1) is 11.7. The number of thiazole rings is 1. The summed E-state index contributed by atoms with van der Waals surface area (Å²) in [6.45, 7) is 0.987. The van der Waals surface area contributed by atoms with Crippen LogP contribution in [0.25, 0.3) is 10.2 Å². The van der Waals surface area contributed by atoms with Gasteiger partial charge in [0.1, 0.15) is 6.10 Å². The molecule has 0 N–H and O–H groups in total. The summed E-state index contributed by atoms with van der Waals surface area (Å²) in [5.41, 5.74) is 1.35. The van der Waals surface area contributed by atoms with E-state index in [-0.39, 0.29) is 12.0 Å². The summed E-state index contributed by atoms with van der Waals surface area (Å²) in [6, 6.07) is 13.0. The van der Waals surface area contributed by atoms with Crippen molar-refractivity contribution < 1.29 is 9.53 Å². The van der Waals surface area contributed by atoms with Crippen molar-refractivity contribution in [3.05, 3.63) is 53.2 Å². The predicted molar refractivity (Wildman–Crippen MR) is 88.9 cm³/mol. The average Bonchev–Trinajstić information content (AvgIpc) is 3.01. The van der Waals surface area contributed by atoms with E-state index in [0.29, 0.717) is 29.5 Å². The highest BCUT2D eigenvalue weighted by atomic mass is 32.1. The van der Waals surface area contributed by atoms with Crippen LogP contribution in [0.2, 0.25) is 0 Å². The van der Waals surface area contributed by atoms with E-state index in [1.165, 1.54) is 17.5 Å². The number of likely N-dealkylation sites (tertiary alicyclic amines) is 1. The molecule has 4 rings (SSSR count). The molecule has 2 aromatic heterocycles. The molecule has 0 atom stereocenters. The van der Waals surface area contributed by atoms with E-state index in [1.54, 1.807) is 17.0 Å². The first-order valence-electron chi connectivity index (χ1n) is 7.40. The van der Waals surface area contributed by atoms with Crippen LogP contribution in [0.3, 0.4) is 0 Å². The zero-order valence-corrected chi connectivity index (χ0v) is 13.4. The molecule has 0 aliphatic carbocycles. The fourth-order valence-electron chi connectivity index (χ4n) is 2.49. The minimum atomic E-state index is -0.107. The Morgan fingerprint density at radius 2 is 2.17 bits per heavy atom. The second-order valence-corrected chi connectivity index (χ2v) is 6.46. The van der Waals surface area contributed by atoms with Gasteiger partial charge in [0.25, 0.3) is 5.91 Å². The number of aromatic nitrogens is 2. The minimum absolute atomic E-state index is 0.0743. The van der Waals surface area contributed by atoms with Crippen molar-refractivity contribution in [2.45, 2.75) is 6.10 Å². The monoisotopic (exact) mass is 336 g/mol. The maximum absolute atomic E-state index is 12.5. The summed E-state index contributed by atoms with van der Waals surface area (Å²) >= 11 is 1.40. The molecule has 6 nitrogen and oxygen atoms in total. The first-order valence-corrected chi connectivity index (χ1v) is 8.22. The molecule has 1 aromatic carbocycles. The van der Waals surface area contributed by atoms with Gasteiger partial charge in [-0.05, 0) is 18.2 Å². The molecule has 1 fully saturated rings. The Morgan fingerprint density at radius 3 is 2.96 bits per heavy atom. The van der Waals surface area contributed by atoms with E-state index in [4.69, 9.17) is 10.00 Å². The number of rotatable bonds is 3. The van der Waals surface area contributed by atoms with Crippen molar-refractivity contribution >= 4 is 27.5 Å². The normalized spacial score (nSPS) is 14.2. The maximum Gasteiger partial charge on any atom is 0.283 e. The lowest BCUT2D eigenvalue weighted by Crippen LogP contribution is -2.56. The molecule has 24 heavy (non-hydrogen) atoms. The summed E-state index contributed by atoms with van der Waals surface area (Å²) in [7, 11) is 0. The molecular weight excluding hydrogens is 324 g/mol. The van der Waals surface area contributed by atoms with Gasteiger partial charge in [0.05, 0.1) is 34.9 Å². The van der Waals surface area contributed by atoms with Crippen molar-refractivity contribution in [1.82, 2.24) is 14.9 Å². The van der Waals surface area contributed by atoms with Crippen LogP contribution in [0.15, 0.2) is 42.6 Å². The van der Waals surface area contributed by atoms with Gasteiger partial charge < -0.3 is 9.64 Å². The van der Waals surface area contributed by atoms with E-state index in [9.17, 15) is 4.79 Å². The van der Waals surface area contributed by atoms with Gasteiger partial charge in [-0.2, -0.15) is 5.26 Å². The number of carbonyl (C=O) groups is 1. The lowest BCUT2D eigenvalue weighted by molar-refractivity contribution is 0.0160. The van der Waals surface area contributed by atoms with Crippen LogP contribution in [0.1, 0.15) is 15.4 Å². The third kappa shape index (κ3) is 2.68. The fraction of sp³-hybridized carbons (Fsp3) is 0.176. The highest BCUT2D eigenvalue weighted by Crippen LogP contribution is 2.25.